The van der Waals surface area contributed by atoms with Crippen LogP contribution in [0.15, 0.2) is 77.8 Å². The lowest BCUT2D eigenvalue weighted by molar-refractivity contribution is -0.129. The van der Waals surface area contributed by atoms with Gasteiger partial charge in [0.1, 0.15) is 5.82 Å². The number of aromatic nitrogens is 1. The molecule has 2 aromatic carbocycles. The molecule has 1 fully saturated rings. The van der Waals surface area contributed by atoms with Gasteiger partial charge < -0.3 is 9.80 Å². The van der Waals surface area contributed by atoms with Crippen molar-refractivity contribution in [3.63, 3.8) is 0 Å². The summed E-state index contributed by atoms with van der Waals surface area (Å²) in [5.74, 6) is -0.875. The van der Waals surface area contributed by atoms with Crippen LogP contribution in [0.2, 0.25) is 0 Å². The highest BCUT2D eigenvalue weighted by molar-refractivity contribution is 7.89. The first-order valence-corrected chi connectivity index (χ1v) is 12.5. The highest BCUT2D eigenvalue weighted by Gasteiger charge is 2.29. The third-order valence-electron chi connectivity index (χ3n) is 5.85. The van der Waals surface area contributed by atoms with Gasteiger partial charge in [-0.05, 0) is 60.7 Å². The van der Waals surface area contributed by atoms with Crippen molar-refractivity contribution in [2.75, 3.05) is 31.1 Å². The smallest absolute Gasteiger partial charge is 0.258 e. The molecule has 2 amide bonds. The molecule has 0 N–H and O–H groups in total. The average Bonchev–Trinajstić information content (AvgIpc) is 2.88. The van der Waals surface area contributed by atoms with Crippen LogP contribution in [0.4, 0.5) is 10.1 Å². The number of nitrogens with zero attached hydrogens (tertiary/aromatic N) is 4. The highest BCUT2D eigenvalue weighted by atomic mass is 32.2. The van der Waals surface area contributed by atoms with E-state index in [4.69, 9.17) is 0 Å². The van der Waals surface area contributed by atoms with Crippen LogP contribution < -0.4 is 4.90 Å². The van der Waals surface area contributed by atoms with Gasteiger partial charge in [-0.15, -0.1) is 0 Å². The molecule has 0 bridgehead atoms. The van der Waals surface area contributed by atoms with Crippen LogP contribution in [-0.2, 0) is 21.4 Å². The first-order chi connectivity index (χ1) is 16.8. The molecule has 182 valence electrons. The predicted octanol–water partition coefficient (Wildman–Crippen LogP) is 2.92. The van der Waals surface area contributed by atoms with Gasteiger partial charge in [-0.2, -0.15) is 4.31 Å². The molecule has 8 nitrogen and oxygen atoms in total. The number of benzene rings is 2. The maximum atomic E-state index is 13.5. The molecule has 0 spiro atoms. The van der Waals surface area contributed by atoms with Crippen molar-refractivity contribution in [2.45, 2.75) is 18.4 Å². The van der Waals surface area contributed by atoms with Gasteiger partial charge >= 0.3 is 0 Å². The van der Waals surface area contributed by atoms with E-state index in [1.807, 2.05) is 6.07 Å². The number of hydrogen-bond acceptors (Lipinski definition) is 5. The van der Waals surface area contributed by atoms with Gasteiger partial charge in [0.2, 0.25) is 15.9 Å². The number of carbonyl (C=O) groups excluding carboxylic acids is 2. The number of carbonyl (C=O) groups is 2. The summed E-state index contributed by atoms with van der Waals surface area (Å²) in [5.41, 5.74) is 1.42. The molecule has 1 aliphatic rings. The summed E-state index contributed by atoms with van der Waals surface area (Å²) in [7, 11) is -3.76. The summed E-state index contributed by atoms with van der Waals surface area (Å²) in [4.78, 5) is 32.3. The van der Waals surface area contributed by atoms with E-state index < -0.39 is 15.8 Å². The molecule has 35 heavy (non-hydrogen) atoms. The number of sulfonamides is 1. The third-order valence-corrected chi connectivity index (χ3v) is 7.77. The fourth-order valence-electron chi connectivity index (χ4n) is 3.87. The Hall–Kier alpha value is -3.63. The fraction of sp³-hybridized carbons (Fsp3) is 0.240. The average molecular weight is 497 g/mol. The number of halogens is 1. The van der Waals surface area contributed by atoms with Crippen LogP contribution in [0, 0.1) is 5.82 Å². The van der Waals surface area contributed by atoms with E-state index in [1.165, 1.54) is 64.7 Å². The van der Waals surface area contributed by atoms with Crippen LogP contribution in [0.1, 0.15) is 23.0 Å². The largest absolute Gasteiger partial charge is 0.340 e. The minimum Gasteiger partial charge on any atom is -0.340 e. The molecular formula is C25H25FN4O4S. The summed E-state index contributed by atoms with van der Waals surface area (Å²) in [6.45, 7) is 2.72. The fourth-order valence-corrected chi connectivity index (χ4v) is 5.29. The van der Waals surface area contributed by atoms with Gasteiger partial charge in [-0.1, -0.05) is 6.07 Å². The number of amides is 2. The molecule has 2 heterocycles. The first-order valence-electron chi connectivity index (χ1n) is 11.1. The molecule has 1 saturated heterocycles. The standard InChI is InChI=1S/C25H25FN4O4S/c1-19(31)28-14-16-29(17-15-28)35(33,34)24-11-5-20(6-12-24)25(32)30(18-22-4-2-3-13-27-22)23-9-7-21(26)8-10-23/h2-13H,14-18H2,1H3. The second-order valence-corrected chi connectivity index (χ2v) is 10.1. The van der Waals surface area contributed by atoms with E-state index in [2.05, 4.69) is 4.98 Å². The lowest BCUT2D eigenvalue weighted by Crippen LogP contribution is -2.49. The van der Waals surface area contributed by atoms with E-state index in [0.717, 1.165) is 0 Å². The Morgan fingerprint density at radius 3 is 2.17 bits per heavy atom. The van der Waals surface area contributed by atoms with E-state index >= 15 is 0 Å². The summed E-state index contributed by atoms with van der Waals surface area (Å²) in [6.07, 6.45) is 1.62. The van der Waals surface area contributed by atoms with Gasteiger partial charge in [0.05, 0.1) is 17.1 Å². The van der Waals surface area contributed by atoms with Crippen molar-refractivity contribution < 1.29 is 22.4 Å². The van der Waals surface area contributed by atoms with E-state index in [-0.39, 0.29) is 41.9 Å². The van der Waals surface area contributed by atoms with Gasteiger partial charge in [0.15, 0.2) is 0 Å². The Kier molecular flexibility index (Phi) is 7.23. The molecular weight excluding hydrogens is 471 g/mol. The van der Waals surface area contributed by atoms with E-state index in [0.29, 0.717) is 24.5 Å². The zero-order valence-electron chi connectivity index (χ0n) is 19.2. The normalized spacial score (nSPS) is 14.5. The number of hydrogen-bond donors (Lipinski definition) is 0. The Morgan fingerprint density at radius 2 is 1.60 bits per heavy atom. The summed E-state index contributed by atoms with van der Waals surface area (Å²) >= 11 is 0. The Morgan fingerprint density at radius 1 is 0.943 bits per heavy atom. The second kappa shape index (κ2) is 10.3. The molecule has 1 aliphatic heterocycles. The minimum absolute atomic E-state index is 0.0726. The summed E-state index contributed by atoms with van der Waals surface area (Å²) in [6, 6.07) is 16.7. The Bertz CT molecular complexity index is 1290. The lowest BCUT2D eigenvalue weighted by Gasteiger charge is -2.33. The minimum atomic E-state index is -3.76. The molecule has 4 rings (SSSR count). The van der Waals surface area contributed by atoms with Crippen LogP contribution in [0.5, 0.6) is 0 Å². The highest BCUT2D eigenvalue weighted by Crippen LogP contribution is 2.23. The molecule has 3 aromatic rings. The third kappa shape index (κ3) is 5.55. The second-order valence-electron chi connectivity index (χ2n) is 8.12. The molecule has 0 unspecified atom stereocenters. The molecule has 0 aliphatic carbocycles. The van der Waals surface area contributed by atoms with Crippen LogP contribution in [0.25, 0.3) is 0 Å². The Balaban J connectivity index is 1.56. The van der Waals surface area contributed by atoms with E-state index in [1.54, 1.807) is 23.2 Å². The Labute approximate surface area is 203 Å². The van der Waals surface area contributed by atoms with Crippen LogP contribution in [0.3, 0.4) is 0 Å². The number of rotatable bonds is 6. The zero-order valence-corrected chi connectivity index (χ0v) is 20.0. The zero-order chi connectivity index (χ0) is 25.0. The predicted molar refractivity (Wildman–Crippen MR) is 129 cm³/mol. The van der Waals surface area contributed by atoms with Crippen molar-refractivity contribution >= 4 is 27.5 Å². The molecule has 0 radical (unpaired) electrons. The maximum absolute atomic E-state index is 13.5. The van der Waals surface area contributed by atoms with Crippen molar-refractivity contribution in [3.05, 3.63) is 90.0 Å². The van der Waals surface area contributed by atoms with Gasteiger partial charge in [0.25, 0.3) is 5.91 Å². The summed E-state index contributed by atoms with van der Waals surface area (Å²) < 4.78 is 40.9. The topological polar surface area (TPSA) is 90.9 Å². The van der Waals surface area contributed by atoms with Crippen molar-refractivity contribution in [1.82, 2.24) is 14.2 Å². The first kappa shape index (κ1) is 24.5. The van der Waals surface area contributed by atoms with Crippen molar-refractivity contribution in [2.24, 2.45) is 0 Å². The number of pyridine rings is 1. The number of piperazine rings is 1. The molecule has 1 aromatic heterocycles. The van der Waals surface area contributed by atoms with Gasteiger partial charge in [-0.3, -0.25) is 14.6 Å². The van der Waals surface area contributed by atoms with Crippen molar-refractivity contribution in [1.29, 1.82) is 0 Å². The van der Waals surface area contributed by atoms with Gasteiger partial charge in [0, 0.05) is 50.6 Å². The molecule has 10 heteroatoms. The molecule has 0 atom stereocenters. The quantitative estimate of drug-likeness (QED) is 0.524. The van der Waals surface area contributed by atoms with E-state index in [9.17, 15) is 22.4 Å². The van der Waals surface area contributed by atoms with Crippen molar-refractivity contribution in [3.8, 4) is 0 Å². The monoisotopic (exact) mass is 496 g/mol. The van der Waals surface area contributed by atoms with Gasteiger partial charge in [-0.25, -0.2) is 12.8 Å². The number of anilines is 1. The summed E-state index contributed by atoms with van der Waals surface area (Å²) in [5, 5.41) is 0. The molecule has 0 saturated carbocycles. The van der Waals surface area contributed by atoms with Crippen LogP contribution >= 0.6 is 0 Å². The lowest BCUT2D eigenvalue weighted by atomic mass is 10.1. The SMILES string of the molecule is CC(=O)N1CCN(S(=O)(=O)c2ccc(C(=O)N(Cc3ccccn3)c3ccc(F)cc3)cc2)CC1. The van der Waals surface area contributed by atoms with Crippen LogP contribution in [-0.4, -0.2) is 60.6 Å². The maximum Gasteiger partial charge on any atom is 0.258 e.